The molecule has 2 heterocycles. The molecule has 90 valence electrons. The van der Waals surface area contributed by atoms with Crippen LogP contribution in [0.15, 0.2) is 17.6 Å². The molecule has 1 N–H and O–H groups in total. The third kappa shape index (κ3) is 2.16. The number of rotatable bonds is 2. The van der Waals surface area contributed by atoms with Gasteiger partial charge in [-0.2, -0.15) is 4.31 Å². The van der Waals surface area contributed by atoms with E-state index in [1.807, 2.05) is 0 Å². The molecule has 0 aliphatic carbocycles. The number of aromatic nitrogens is 2. The number of aromatic amines is 1. The standard InChI is InChI=1S/C9H14BrN3O2S/c1-7-2-3-13(5-8(7)10)16(14,15)9-4-11-6-12-9/h4,6-8H,2-3,5H2,1H3,(H,11,12). The Morgan fingerprint density at radius 3 is 2.94 bits per heavy atom. The highest BCUT2D eigenvalue weighted by atomic mass is 79.9. The number of nitrogens with zero attached hydrogens (tertiary/aromatic N) is 2. The van der Waals surface area contributed by atoms with Crippen molar-refractivity contribution in [2.75, 3.05) is 13.1 Å². The van der Waals surface area contributed by atoms with E-state index in [0.717, 1.165) is 6.42 Å². The van der Waals surface area contributed by atoms with E-state index < -0.39 is 10.0 Å². The number of sulfonamides is 1. The van der Waals surface area contributed by atoms with Crippen LogP contribution in [0.25, 0.3) is 0 Å². The number of piperidine rings is 1. The summed E-state index contributed by atoms with van der Waals surface area (Å²) in [6.07, 6.45) is 3.60. The van der Waals surface area contributed by atoms with Crippen LogP contribution in [0, 0.1) is 5.92 Å². The number of hydrogen-bond acceptors (Lipinski definition) is 3. The van der Waals surface area contributed by atoms with E-state index in [1.165, 1.54) is 16.8 Å². The van der Waals surface area contributed by atoms with Gasteiger partial charge in [0.1, 0.15) is 0 Å². The molecule has 1 aromatic heterocycles. The van der Waals surface area contributed by atoms with Crippen LogP contribution in [-0.2, 0) is 10.0 Å². The third-order valence-corrected chi connectivity index (χ3v) is 5.90. The molecule has 16 heavy (non-hydrogen) atoms. The Labute approximate surface area is 103 Å². The molecule has 0 aromatic carbocycles. The van der Waals surface area contributed by atoms with Gasteiger partial charge in [0, 0.05) is 17.9 Å². The topological polar surface area (TPSA) is 66.1 Å². The Morgan fingerprint density at radius 2 is 2.38 bits per heavy atom. The molecular formula is C9H14BrN3O2S. The van der Waals surface area contributed by atoms with Crippen molar-refractivity contribution in [2.24, 2.45) is 5.92 Å². The molecule has 0 saturated carbocycles. The number of imidazole rings is 1. The van der Waals surface area contributed by atoms with Crippen molar-refractivity contribution in [3.8, 4) is 0 Å². The maximum Gasteiger partial charge on any atom is 0.260 e. The van der Waals surface area contributed by atoms with Crippen molar-refractivity contribution < 1.29 is 8.42 Å². The molecule has 1 aliphatic rings. The second kappa shape index (κ2) is 4.46. The average molecular weight is 308 g/mol. The lowest BCUT2D eigenvalue weighted by Crippen LogP contribution is -2.43. The molecule has 2 rings (SSSR count). The second-order valence-corrected chi connectivity index (χ2v) is 7.14. The largest absolute Gasteiger partial charge is 0.335 e. The van der Waals surface area contributed by atoms with E-state index >= 15 is 0 Å². The predicted molar refractivity (Wildman–Crippen MR) is 63.8 cm³/mol. The van der Waals surface area contributed by atoms with Gasteiger partial charge in [-0.1, -0.05) is 22.9 Å². The summed E-state index contributed by atoms with van der Waals surface area (Å²) in [6, 6.07) is 0. The van der Waals surface area contributed by atoms with Crippen molar-refractivity contribution >= 4 is 26.0 Å². The molecule has 0 radical (unpaired) electrons. The summed E-state index contributed by atoms with van der Waals surface area (Å²) < 4.78 is 25.8. The maximum absolute atomic E-state index is 12.1. The monoisotopic (exact) mass is 307 g/mol. The number of nitrogens with one attached hydrogen (secondary N) is 1. The molecule has 2 unspecified atom stereocenters. The molecule has 0 spiro atoms. The fourth-order valence-electron chi connectivity index (χ4n) is 1.74. The molecule has 2 atom stereocenters. The Balaban J connectivity index is 2.20. The van der Waals surface area contributed by atoms with Crippen molar-refractivity contribution in [3.05, 3.63) is 12.5 Å². The normalized spacial score (nSPS) is 28.1. The lowest BCUT2D eigenvalue weighted by atomic mass is 10.0. The van der Waals surface area contributed by atoms with Crippen molar-refractivity contribution in [2.45, 2.75) is 23.2 Å². The fourth-order valence-corrected chi connectivity index (χ4v) is 3.92. The zero-order valence-corrected chi connectivity index (χ0v) is 11.3. The first-order chi connectivity index (χ1) is 7.51. The van der Waals surface area contributed by atoms with Gasteiger partial charge in [-0.15, -0.1) is 0 Å². The van der Waals surface area contributed by atoms with Gasteiger partial charge in [0.25, 0.3) is 10.0 Å². The second-order valence-electron chi connectivity index (χ2n) is 4.06. The summed E-state index contributed by atoms with van der Waals surface area (Å²) >= 11 is 3.52. The highest BCUT2D eigenvalue weighted by molar-refractivity contribution is 9.09. The van der Waals surface area contributed by atoms with E-state index in [4.69, 9.17) is 0 Å². The highest BCUT2D eigenvalue weighted by Crippen LogP contribution is 2.26. The van der Waals surface area contributed by atoms with Crippen LogP contribution in [0.3, 0.4) is 0 Å². The zero-order valence-electron chi connectivity index (χ0n) is 8.93. The van der Waals surface area contributed by atoms with Crippen LogP contribution < -0.4 is 0 Å². The summed E-state index contributed by atoms with van der Waals surface area (Å²) in [4.78, 5) is 6.61. The van der Waals surface area contributed by atoms with Crippen LogP contribution in [0.1, 0.15) is 13.3 Å². The Hall–Kier alpha value is -0.400. The van der Waals surface area contributed by atoms with E-state index in [9.17, 15) is 8.42 Å². The third-order valence-electron chi connectivity index (χ3n) is 2.92. The quantitative estimate of drug-likeness (QED) is 0.835. The van der Waals surface area contributed by atoms with Crippen LogP contribution in [0.4, 0.5) is 0 Å². The highest BCUT2D eigenvalue weighted by Gasteiger charge is 2.33. The molecule has 0 amide bonds. The number of halogens is 1. The summed E-state index contributed by atoms with van der Waals surface area (Å²) in [5.41, 5.74) is 0. The maximum atomic E-state index is 12.1. The van der Waals surface area contributed by atoms with Crippen LogP contribution in [-0.4, -0.2) is 40.6 Å². The summed E-state index contributed by atoms with van der Waals surface area (Å²) in [7, 11) is -3.39. The van der Waals surface area contributed by atoms with E-state index in [1.54, 1.807) is 0 Å². The zero-order chi connectivity index (χ0) is 11.8. The van der Waals surface area contributed by atoms with Gasteiger partial charge in [0.2, 0.25) is 0 Å². The smallest absolute Gasteiger partial charge is 0.260 e. The van der Waals surface area contributed by atoms with Gasteiger partial charge < -0.3 is 4.98 Å². The minimum atomic E-state index is -3.39. The Morgan fingerprint density at radius 1 is 1.62 bits per heavy atom. The number of hydrogen-bond donors (Lipinski definition) is 1. The molecule has 5 nitrogen and oxygen atoms in total. The Bertz CT molecular complexity index is 445. The van der Waals surface area contributed by atoms with Crippen LogP contribution in [0.5, 0.6) is 0 Å². The summed E-state index contributed by atoms with van der Waals surface area (Å²) in [5.74, 6) is 0.508. The molecule has 1 aromatic rings. The van der Waals surface area contributed by atoms with Crippen LogP contribution >= 0.6 is 15.9 Å². The lowest BCUT2D eigenvalue weighted by molar-refractivity contribution is 0.299. The summed E-state index contributed by atoms with van der Waals surface area (Å²) in [6.45, 7) is 3.21. The fraction of sp³-hybridized carbons (Fsp3) is 0.667. The summed E-state index contributed by atoms with van der Waals surface area (Å²) in [5, 5.41) is 0.168. The van der Waals surface area contributed by atoms with Crippen molar-refractivity contribution in [1.82, 2.24) is 14.3 Å². The average Bonchev–Trinajstić information content (AvgIpc) is 2.75. The van der Waals surface area contributed by atoms with Gasteiger partial charge in [-0.25, -0.2) is 13.4 Å². The molecule has 1 aliphatic heterocycles. The number of alkyl halides is 1. The van der Waals surface area contributed by atoms with E-state index in [2.05, 4.69) is 32.8 Å². The molecule has 7 heteroatoms. The van der Waals surface area contributed by atoms with Crippen molar-refractivity contribution in [1.29, 1.82) is 0 Å². The van der Waals surface area contributed by atoms with Gasteiger partial charge in [0.05, 0.1) is 12.5 Å². The number of H-pyrrole nitrogens is 1. The van der Waals surface area contributed by atoms with Crippen LogP contribution in [0.2, 0.25) is 0 Å². The SMILES string of the molecule is CC1CCN(S(=O)(=O)c2cnc[nH]2)CC1Br. The van der Waals surface area contributed by atoms with Gasteiger partial charge in [-0.05, 0) is 12.3 Å². The van der Waals surface area contributed by atoms with Gasteiger partial charge >= 0.3 is 0 Å². The van der Waals surface area contributed by atoms with Gasteiger partial charge in [0.15, 0.2) is 5.03 Å². The Kier molecular flexibility index (Phi) is 3.37. The minimum absolute atomic E-state index is 0.168. The first-order valence-corrected chi connectivity index (χ1v) is 7.50. The van der Waals surface area contributed by atoms with Gasteiger partial charge in [-0.3, -0.25) is 0 Å². The first kappa shape index (κ1) is 12.1. The molecule has 1 fully saturated rings. The van der Waals surface area contributed by atoms with Crippen molar-refractivity contribution in [3.63, 3.8) is 0 Å². The predicted octanol–water partition coefficient (Wildman–Crippen LogP) is 1.20. The molecule has 1 saturated heterocycles. The van der Waals surface area contributed by atoms with E-state index in [-0.39, 0.29) is 9.85 Å². The minimum Gasteiger partial charge on any atom is -0.335 e. The van der Waals surface area contributed by atoms with E-state index in [0.29, 0.717) is 19.0 Å². The first-order valence-electron chi connectivity index (χ1n) is 5.14. The molecular weight excluding hydrogens is 294 g/mol. The lowest BCUT2D eigenvalue weighted by Gasteiger charge is -2.32. The molecule has 0 bridgehead atoms.